The van der Waals surface area contributed by atoms with Gasteiger partial charge in [0.1, 0.15) is 11.9 Å². The summed E-state index contributed by atoms with van der Waals surface area (Å²) in [5, 5.41) is 15.5. The monoisotopic (exact) mass is 308 g/mol. The highest BCUT2D eigenvalue weighted by molar-refractivity contribution is 5.87. The standard InChI is InChI=1S/C16H20N2O2.ClH/c1-11(19)16-14-6-9-18-10-12(14)2-3-15(16)20-13-4-7-17-8-5-13;/h2-3,6,9-11,13,17,19H,4-5,7-8H2,1H3;1H. The van der Waals surface area contributed by atoms with Crippen molar-refractivity contribution in [2.24, 2.45) is 0 Å². The van der Waals surface area contributed by atoms with Gasteiger partial charge in [-0.2, -0.15) is 0 Å². The van der Waals surface area contributed by atoms with Crippen LogP contribution in [-0.2, 0) is 0 Å². The van der Waals surface area contributed by atoms with E-state index in [2.05, 4.69) is 10.3 Å². The lowest BCUT2D eigenvalue weighted by Gasteiger charge is -2.26. The first-order valence-electron chi connectivity index (χ1n) is 7.18. The Balaban J connectivity index is 0.00000161. The van der Waals surface area contributed by atoms with Gasteiger partial charge in [0.25, 0.3) is 0 Å². The average Bonchev–Trinajstić information content (AvgIpc) is 2.47. The number of halogens is 1. The number of aromatic nitrogens is 1. The van der Waals surface area contributed by atoms with Crippen molar-refractivity contribution in [3.8, 4) is 5.75 Å². The molecular formula is C16H21ClN2O2. The largest absolute Gasteiger partial charge is 0.490 e. The molecule has 5 heteroatoms. The molecule has 0 aliphatic carbocycles. The number of benzene rings is 1. The number of piperidine rings is 1. The van der Waals surface area contributed by atoms with Gasteiger partial charge in [0.15, 0.2) is 0 Å². The van der Waals surface area contributed by atoms with E-state index in [1.165, 1.54) is 0 Å². The van der Waals surface area contributed by atoms with Gasteiger partial charge in [-0.1, -0.05) is 0 Å². The third kappa shape index (κ3) is 3.46. The molecule has 2 heterocycles. The lowest BCUT2D eigenvalue weighted by molar-refractivity contribution is 0.149. The van der Waals surface area contributed by atoms with Gasteiger partial charge in [0.05, 0.1) is 6.10 Å². The van der Waals surface area contributed by atoms with Crippen molar-refractivity contribution in [2.75, 3.05) is 13.1 Å². The third-order valence-electron chi connectivity index (χ3n) is 3.82. The Morgan fingerprint density at radius 2 is 2.05 bits per heavy atom. The van der Waals surface area contributed by atoms with Crippen LogP contribution in [0.1, 0.15) is 31.4 Å². The zero-order valence-electron chi connectivity index (χ0n) is 12.1. The fourth-order valence-electron chi connectivity index (χ4n) is 2.80. The number of rotatable bonds is 3. The van der Waals surface area contributed by atoms with Gasteiger partial charge in [0, 0.05) is 23.3 Å². The van der Waals surface area contributed by atoms with E-state index in [9.17, 15) is 5.11 Å². The fourth-order valence-corrected chi connectivity index (χ4v) is 2.80. The van der Waals surface area contributed by atoms with E-state index in [0.29, 0.717) is 0 Å². The minimum absolute atomic E-state index is 0. The van der Waals surface area contributed by atoms with Crippen LogP contribution in [0, 0.1) is 0 Å². The van der Waals surface area contributed by atoms with Crippen molar-refractivity contribution in [3.05, 3.63) is 36.2 Å². The van der Waals surface area contributed by atoms with Crippen LogP contribution in [0.25, 0.3) is 10.8 Å². The number of hydrogen-bond donors (Lipinski definition) is 2. The Hall–Kier alpha value is -1.36. The van der Waals surface area contributed by atoms with Crippen LogP contribution in [-0.4, -0.2) is 29.3 Å². The van der Waals surface area contributed by atoms with Gasteiger partial charge in [-0.3, -0.25) is 4.98 Å². The summed E-state index contributed by atoms with van der Waals surface area (Å²) in [7, 11) is 0. The number of pyridine rings is 1. The molecule has 114 valence electrons. The molecule has 0 bridgehead atoms. The van der Waals surface area contributed by atoms with Gasteiger partial charge in [-0.15, -0.1) is 12.4 Å². The molecule has 1 aliphatic heterocycles. The summed E-state index contributed by atoms with van der Waals surface area (Å²) in [6, 6.07) is 5.89. The van der Waals surface area contributed by atoms with Crippen LogP contribution < -0.4 is 10.1 Å². The number of ether oxygens (including phenoxy) is 1. The number of hydrogen-bond acceptors (Lipinski definition) is 4. The summed E-state index contributed by atoms with van der Waals surface area (Å²) >= 11 is 0. The second-order valence-corrected chi connectivity index (χ2v) is 5.32. The Labute approximate surface area is 130 Å². The van der Waals surface area contributed by atoms with Crippen molar-refractivity contribution in [1.82, 2.24) is 10.3 Å². The molecule has 0 saturated carbocycles. The van der Waals surface area contributed by atoms with Crippen molar-refractivity contribution in [2.45, 2.75) is 32.0 Å². The molecule has 1 atom stereocenters. The minimum atomic E-state index is -0.558. The normalized spacial score (nSPS) is 17.2. The average molecular weight is 309 g/mol. The van der Waals surface area contributed by atoms with E-state index < -0.39 is 6.10 Å². The lowest BCUT2D eigenvalue weighted by Crippen LogP contribution is -2.34. The Bertz CT molecular complexity index is 598. The van der Waals surface area contributed by atoms with Gasteiger partial charge in [-0.05, 0) is 56.4 Å². The maximum absolute atomic E-state index is 10.1. The van der Waals surface area contributed by atoms with Crippen molar-refractivity contribution >= 4 is 23.2 Å². The molecule has 1 fully saturated rings. The van der Waals surface area contributed by atoms with E-state index in [1.54, 1.807) is 13.1 Å². The number of nitrogens with one attached hydrogen (secondary N) is 1. The molecule has 0 spiro atoms. The Morgan fingerprint density at radius 1 is 1.29 bits per heavy atom. The first kappa shape index (κ1) is 16.0. The van der Waals surface area contributed by atoms with Crippen molar-refractivity contribution in [1.29, 1.82) is 0 Å². The highest BCUT2D eigenvalue weighted by Gasteiger charge is 2.19. The Morgan fingerprint density at radius 3 is 2.76 bits per heavy atom. The minimum Gasteiger partial charge on any atom is -0.490 e. The van der Waals surface area contributed by atoms with Crippen LogP contribution in [0.3, 0.4) is 0 Å². The first-order chi connectivity index (χ1) is 9.75. The number of aliphatic hydroxyl groups is 1. The fraction of sp³-hybridized carbons (Fsp3) is 0.438. The molecule has 4 nitrogen and oxygen atoms in total. The number of aliphatic hydroxyl groups excluding tert-OH is 1. The summed E-state index contributed by atoms with van der Waals surface area (Å²) in [4.78, 5) is 4.13. The third-order valence-corrected chi connectivity index (χ3v) is 3.82. The van der Waals surface area contributed by atoms with Gasteiger partial charge in [-0.25, -0.2) is 0 Å². The molecule has 21 heavy (non-hydrogen) atoms. The maximum Gasteiger partial charge on any atom is 0.126 e. The molecule has 3 rings (SSSR count). The van der Waals surface area contributed by atoms with E-state index >= 15 is 0 Å². The molecule has 0 radical (unpaired) electrons. The highest BCUT2D eigenvalue weighted by Crippen LogP contribution is 2.33. The zero-order chi connectivity index (χ0) is 13.9. The first-order valence-corrected chi connectivity index (χ1v) is 7.18. The summed E-state index contributed by atoms with van der Waals surface area (Å²) in [5.74, 6) is 0.797. The zero-order valence-corrected chi connectivity index (χ0v) is 12.9. The topological polar surface area (TPSA) is 54.4 Å². The van der Waals surface area contributed by atoms with Gasteiger partial charge in [0.2, 0.25) is 0 Å². The van der Waals surface area contributed by atoms with E-state index in [1.807, 2.05) is 24.4 Å². The van der Waals surface area contributed by atoms with Crippen LogP contribution in [0.4, 0.5) is 0 Å². The molecule has 0 amide bonds. The molecule has 1 unspecified atom stereocenters. The van der Waals surface area contributed by atoms with Crippen LogP contribution in [0.5, 0.6) is 5.75 Å². The van der Waals surface area contributed by atoms with Crippen LogP contribution >= 0.6 is 12.4 Å². The molecule has 1 aliphatic rings. The lowest BCUT2D eigenvalue weighted by atomic mass is 10.0. The summed E-state index contributed by atoms with van der Waals surface area (Å²) in [6.07, 6.45) is 5.25. The summed E-state index contributed by atoms with van der Waals surface area (Å²) in [5.41, 5.74) is 0.864. The highest BCUT2D eigenvalue weighted by atomic mass is 35.5. The quantitative estimate of drug-likeness (QED) is 0.915. The summed E-state index contributed by atoms with van der Waals surface area (Å²) < 4.78 is 6.14. The smallest absolute Gasteiger partial charge is 0.126 e. The predicted molar refractivity (Wildman–Crippen MR) is 86.1 cm³/mol. The second-order valence-electron chi connectivity index (χ2n) is 5.32. The predicted octanol–water partition coefficient (Wildman–Crippen LogP) is 2.84. The van der Waals surface area contributed by atoms with Crippen LogP contribution in [0.2, 0.25) is 0 Å². The molecule has 1 saturated heterocycles. The van der Waals surface area contributed by atoms with Gasteiger partial charge >= 0.3 is 0 Å². The molecule has 2 aromatic rings. The SMILES string of the molecule is CC(O)c1c(OC2CCNCC2)ccc2cnccc12.Cl. The molecule has 1 aromatic carbocycles. The van der Waals surface area contributed by atoms with E-state index in [0.717, 1.165) is 48.0 Å². The second kappa shape index (κ2) is 7.07. The Kier molecular flexibility index (Phi) is 5.39. The molecule has 1 aromatic heterocycles. The summed E-state index contributed by atoms with van der Waals surface area (Å²) in [6.45, 7) is 3.77. The molecule has 2 N–H and O–H groups in total. The number of nitrogens with zero attached hydrogens (tertiary/aromatic N) is 1. The van der Waals surface area contributed by atoms with E-state index in [4.69, 9.17) is 4.74 Å². The van der Waals surface area contributed by atoms with E-state index in [-0.39, 0.29) is 18.5 Å². The maximum atomic E-state index is 10.1. The van der Waals surface area contributed by atoms with Gasteiger partial charge < -0.3 is 15.2 Å². The number of fused-ring (bicyclic) bond motifs is 1. The van der Waals surface area contributed by atoms with Crippen molar-refractivity contribution < 1.29 is 9.84 Å². The van der Waals surface area contributed by atoms with Crippen molar-refractivity contribution in [3.63, 3.8) is 0 Å². The molecular weight excluding hydrogens is 288 g/mol. The van der Waals surface area contributed by atoms with Crippen LogP contribution in [0.15, 0.2) is 30.6 Å².